The van der Waals surface area contributed by atoms with Crippen molar-refractivity contribution in [1.29, 1.82) is 0 Å². The molecule has 0 bridgehead atoms. The molecule has 1 aromatic heterocycles. The van der Waals surface area contributed by atoms with E-state index >= 15 is 0 Å². The van der Waals surface area contributed by atoms with Gasteiger partial charge in [-0.05, 0) is 19.4 Å². The van der Waals surface area contributed by atoms with Gasteiger partial charge in [-0.15, -0.1) is 0 Å². The minimum absolute atomic E-state index is 0.139. The monoisotopic (exact) mass is 317 g/mol. The van der Waals surface area contributed by atoms with Crippen molar-refractivity contribution in [3.63, 3.8) is 0 Å². The summed E-state index contributed by atoms with van der Waals surface area (Å²) in [6.07, 6.45) is 0.442. The molecule has 23 heavy (non-hydrogen) atoms. The predicted octanol–water partition coefficient (Wildman–Crippen LogP) is 2.84. The zero-order valence-electron chi connectivity index (χ0n) is 13.2. The van der Waals surface area contributed by atoms with Crippen molar-refractivity contribution in [2.75, 3.05) is 6.61 Å². The van der Waals surface area contributed by atoms with Gasteiger partial charge >= 0.3 is 11.9 Å². The van der Waals surface area contributed by atoms with Crippen molar-refractivity contribution < 1.29 is 23.5 Å². The second kappa shape index (κ2) is 8.12. The van der Waals surface area contributed by atoms with Crippen molar-refractivity contribution in [3.8, 4) is 0 Å². The molecule has 122 valence electrons. The van der Waals surface area contributed by atoms with Crippen molar-refractivity contribution in [2.24, 2.45) is 0 Å². The maximum Gasteiger partial charge on any atom is 0.360 e. The normalized spacial score (nSPS) is 10.3. The zero-order chi connectivity index (χ0) is 16.7. The Bertz CT molecular complexity index is 663. The highest BCUT2D eigenvalue weighted by Gasteiger charge is 2.19. The topological polar surface area (TPSA) is 78.6 Å². The summed E-state index contributed by atoms with van der Waals surface area (Å²) in [5.74, 6) is -0.168. The number of benzene rings is 1. The third kappa shape index (κ3) is 4.95. The molecule has 0 aliphatic rings. The molecule has 0 saturated heterocycles. The van der Waals surface area contributed by atoms with E-state index in [1.165, 1.54) is 0 Å². The molecule has 0 fully saturated rings. The third-order valence-electron chi connectivity index (χ3n) is 3.10. The molecule has 0 saturated carbocycles. The lowest BCUT2D eigenvalue weighted by Crippen LogP contribution is -2.08. The number of carbonyl (C=O) groups is 2. The molecular weight excluding hydrogens is 298 g/mol. The van der Waals surface area contributed by atoms with Gasteiger partial charge in [0.15, 0.2) is 11.6 Å². The van der Waals surface area contributed by atoms with Crippen LogP contribution >= 0.6 is 0 Å². The number of esters is 2. The SMILES string of the molecule is CCOC(=O)CCc1nc(C(=O)OCc2ccccc2)c(C)o1. The Kier molecular flexibility index (Phi) is 5.91. The van der Waals surface area contributed by atoms with Crippen LogP contribution in [0.4, 0.5) is 0 Å². The van der Waals surface area contributed by atoms with Crippen LogP contribution < -0.4 is 0 Å². The minimum atomic E-state index is -0.544. The van der Waals surface area contributed by atoms with Gasteiger partial charge in [0.25, 0.3) is 0 Å². The van der Waals surface area contributed by atoms with Gasteiger partial charge in [-0.2, -0.15) is 0 Å². The molecule has 0 N–H and O–H groups in total. The number of hydrogen-bond acceptors (Lipinski definition) is 6. The standard InChI is InChI=1S/C17H19NO5/c1-3-21-15(19)10-9-14-18-16(12(2)23-14)17(20)22-11-13-7-5-4-6-8-13/h4-8H,3,9-11H2,1-2H3. The fourth-order valence-electron chi connectivity index (χ4n) is 1.98. The van der Waals surface area contributed by atoms with Crippen LogP contribution in [-0.2, 0) is 27.3 Å². The summed E-state index contributed by atoms with van der Waals surface area (Å²) >= 11 is 0. The smallest absolute Gasteiger partial charge is 0.360 e. The van der Waals surface area contributed by atoms with Crippen LogP contribution in [0.1, 0.15) is 41.0 Å². The highest BCUT2D eigenvalue weighted by molar-refractivity contribution is 5.88. The van der Waals surface area contributed by atoms with Crippen LogP contribution in [0.15, 0.2) is 34.7 Å². The first-order valence-corrected chi connectivity index (χ1v) is 7.43. The zero-order valence-corrected chi connectivity index (χ0v) is 13.2. The molecule has 2 aromatic rings. The summed E-state index contributed by atoms with van der Waals surface area (Å²) in [5.41, 5.74) is 1.03. The van der Waals surface area contributed by atoms with Crippen LogP contribution in [0.3, 0.4) is 0 Å². The van der Waals surface area contributed by atoms with Gasteiger partial charge in [-0.3, -0.25) is 4.79 Å². The molecule has 1 aromatic carbocycles. The Morgan fingerprint density at radius 2 is 1.91 bits per heavy atom. The summed E-state index contributed by atoms with van der Waals surface area (Å²) in [4.78, 5) is 27.5. The van der Waals surface area contributed by atoms with E-state index in [1.54, 1.807) is 13.8 Å². The van der Waals surface area contributed by atoms with Gasteiger partial charge in [0.05, 0.1) is 13.0 Å². The van der Waals surface area contributed by atoms with Crippen LogP contribution in [-0.4, -0.2) is 23.5 Å². The number of oxazole rings is 1. The van der Waals surface area contributed by atoms with Crippen LogP contribution in [0, 0.1) is 6.92 Å². The number of hydrogen-bond donors (Lipinski definition) is 0. The molecule has 0 aliphatic heterocycles. The Morgan fingerprint density at radius 1 is 1.17 bits per heavy atom. The highest BCUT2D eigenvalue weighted by atomic mass is 16.5. The summed E-state index contributed by atoms with van der Waals surface area (Å²) in [7, 11) is 0. The number of carbonyl (C=O) groups excluding carboxylic acids is 2. The molecule has 6 nitrogen and oxygen atoms in total. The van der Waals surface area contributed by atoms with Gasteiger partial charge in [-0.1, -0.05) is 30.3 Å². The van der Waals surface area contributed by atoms with E-state index in [2.05, 4.69) is 4.98 Å². The number of nitrogens with zero attached hydrogens (tertiary/aromatic N) is 1. The van der Waals surface area contributed by atoms with Gasteiger partial charge in [0.2, 0.25) is 0 Å². The molecular formula is C17H19NO5. The maximum atomic E-state index is 12.1. The average molecular weight is 317 g/mol. The molecule has 2 rings (SSSR count). The van der Waals surface area contributed by atoms with E-state index in [9.17, 15) is 9.59 Å². The molecule has 6 heteroatoms. The molecule has 0 amide bonds. The fourth-order valence-corrected chi connectivity index (χ4v) is 1.98. The highest BCUT2D eigenvalue weighted by Crippen LogP contribution is 2.14. The van der Waals surface area contributed by atoms with Crippen molar-refractivity contribution >= 4 is 11.9 Å². The Labute approximate surface area is 134 Å². The molecule has 0 radical (unpaired) electrons. The lowest BCUT2D eigenvalue weighted by Gasteiger charge is -2.02. The van der Waals surface area contributed by atoms with Crippen LogP contribution in [0.2, 0.25) is 0 Å². The van der Waals surface area contributed by atoms with Gasteiger partial charge in [0.1, 0.15) is 12.4 Å². The summed E-state index contributed by atoms with van der Waals surface area (Å²) in [6, 6.07) is 9.38. The lowest BCUT2D eigenvalue weighted by atomic mass is 10.2. The average Bonchev–Trinajstić information content (AvgIpc) is 2.93. The first-order chi connectivity index (χ1) is 11.1. The Hall–Kier alpha value is -2.63. The van der Waals surface area contributed by atoms with Crippen LogP contribution in [0.25, 0.3) is 0 Å². The predicted molar refractivity (Wildman–Crippen MR) is 81.8 cm³/mol. The second-order valence-electron chi connectivity index (χ2n) is 4.88. The first-order valence-electron chi connectivity index (χ1n) is 7.43. The van der Waals surface area contributed by atoms with E-state index in [4.69, 9.17) is 13.9 Å². The van der Waals surface area contributed by atoms with E-state index in [0.717, 1.165) is 5.56 Å². The van der Waals surface area contributed by atoms with E-state index in [0.29, 0.717) is 18.3 Å². The number of aromatic nitrogens is 1. The second-order valence-corrected chi connectivity index (χ2v) is 4.88. The van der Waals surface area contributed by atoms with Crippen LogP contribution in [0.5, 0.6) is 0 Å². The molecule has 0 spiro atoms. The lowest BCUT2D eigenvalue weighted by molar-refractivity contribution is -0.143. The van der Waals surface area contributed by atoms with E-state index in [1.807, 2.05) is 30.3 Å². The van der Waals surface area contributed by atoms with E-state index < -0.39 is 5.97 Å². The molecule has 0 atom stereocenters. The maximum absolute atomic E-state index is 12.1. The molecule has 1 heterocycles. The fraction of sp³-hybridized carbons (Fsp3) is 0.353. The number of rotatable bonds is 7. The Balaban J connectivity index is 1.91. The van der Waals surface area contributed by atoms with Gasteiger partial charge < -0.3 is 13.9 Å². The number of aryl methyl sites for hydroxylation is 2. The van der Waals surface area contributed by atoms with Crippen molar-refractivity contribution in [2.45, 2.75) is 33.3 Å². The first kappa shape index (κ1) is 16.7. The number of ether oxygens (including phenoxy) is 2. The van der Waals surface area contributed by atoms with Crippen molar-refractivity contribution in [1.82, 2.24) is 4.98 Å². The van der Waals surface area contributed by atoms with Gasteiger partial charge in [-0.25, -0.2) is 9.78 Å². The summed E-state index contributed by atoms with van der Waals surface area (Å²) in [5, 5.41) is 0. The quantitative estimate of drug-likeness (QED) is 0.731. The minimum Gasteiger partial charge on any atom is -0.466 e. The van der Waals surface area contributed by atoms with Crippen molar-refractivity contribution in [3.05, 3.63) is 53.2 Å². The summed E-state index contributed by atoms with van der Waals surface area (Å²) < 4.78 is 15.5. The largest absolute Gasteiger partial charge is 0.466 e. The molecule has 0 unspecified atom stereocenters. The Morgan fingerprint density at radius 3 is 2.61 bits per heavy atom. The third-order valence-corrected chi connectivity index (χ3v) is 3.10. The molecule has 0 aliphatic carbocycles. The van der Waals surface area contributed by atoms with E-state index in [-0.39, 0.29) is 31.1 Å². The van der Waals surface area contributed by atoms with Gasteiger partial charge in [0, 0.05) is 6.42 Å². The summed E-state index contributed by atoms with van der Waals surface area (Å²) in [6.45, 7) is 3.89.